The standard InChI is InChI=1S/C13H21N5O/c1-4-13-11(9-17(2)16-13)7-14-12-8-15-18(10-12)5-6-19-3/h8-10,14H,4-7H2,1-3H3. The predicted molar refractivity (Wildman–Crippen MR) is 74.0 cm³/mol. The van der Waals surface area contributed by atoms with E-state index in [1.165, 1.54) is 5.56 Å². The Balaban J connectivity index is 1.92. The van der Waals surface area contributed by atoms with Crippen LogP contribution in [0.25, 0.3) is 0 Å². The maximum atomic E-state index is 5.03. The molecule has 2 rings (SSSR count). The molecule has 0 aliphatic heterocycles. The van der Waals surface area contributed by atoms with Crippen molar-refractivity contribution in [1.82, 2.24) is 19.6 Å². The van der Waals surface area contributed by atoms with E-state index in [1.807, 2.05) is 28.8 Å². The molecule has 0 saturated heterocycles. The Labute approximate surface area is 113 Å². The van der Waals surface area contributed by atoms with Gasteiger partial charge in [0, 0.05) is 38.7 Å². The highest BCUT2D eigenvalue weighted by Crippen LogP contribution is 2.11. The van der Waals surface area contributed by atoms with Gasteiger partial charge in [0.2, 0.25) is 0 Å². The molecule has 0 radical (unpaired) electrons. The lowest BCUT2D eigenvalue weighted by molar-refractivity contribution is 0.183. The van der Waals surface area contributed by atoms with Crippen molar-refractivity contribution in [3.63, 3.8) is 0 Å². The van der Waals surface area contributed by atoms with Gasteiger partial charge < -0.3 is 10.1 Å². The number of hydrogen-bond donors (Lipinski definition) is 1. The third-order valence-electron chi connectivity index (χ3n) is 2.97. The van der Waals surface area contributed by atoms with Crippen molar-refractivity contribution in [1.29, 1.82) is 0 Å². The average molecular weight is 263 g/mol. The molecule has 104 valence electrons. The van der Waals surface area contributed by atoms with E-state index in [9.17, 15) is 0 Å². The summed E-state index contributed by atoms with van der Waals surface area (Å²) < 4.78 is 8.75. The van der Waals surface area contributed by atoms with E-state index in [1.54, 1.807) is 7.11 Å². The maximum Gasteiger partial charge on any atom is 0.0729 e. The van der Waals surface area contributed by atoms with E-state index in [2.05, 4.69) is 28.6 Å². The van der Waals surface area contributed by atoms with Crippen LogP contribution in [0.3, 0.4) is 0 Å². The topological polar surface area (TPSA) is 56.9 Å². The molecule has 6 heteroatoms. The number of rotatable bonds is 7. The van der Waals surface area contributed by atoms with Crippen molar-refractivity contribution < 1.29 is 4.74 Å². The molecular formula is C13H21N5O. The third-order valence-corrected chi connectivity index (χ3v) is 2.97. The summed E-state index contributed by atoms with van der Waals surface area (Å²) in [4.78, 5) is 0. The van der Waals surface area contributed by atoms with Crippen LogP contribution in [0.5, 0.6) is 0 Å². The SMILES string of the molecule is CCc1nn(C)cc1CNc1cnn(CCOC)c1. The number of hydrogen-bond acceptors (Lipinski definition) is 4. The molecule has 0 amide bonds. The van der Waals surface area contributed by atoms with Crippen LogP contribution in [-0.2, 0) is 31.3 Å². The number of aryl methyl sites for hydroxylation is 2. The lowest BCUT2D eigenvalue weighted by Gasteiger charge is -2.02. The van der Waals surface area contributed by atoms with E-state index in [0.717, 1.165) is 30.9 Å². The molecule has 0 atom stereocenters. The number of nitrogens with zero attached hydrogens (tertiary/aromatic N) is 4. The van der Waals surface area contributed by atoms with Crippen molar-refractivity contribution in [3.8, 4) is 0 Å². The van der Waals surface area contributed by atoms with Gasteiger partial charge in [0.25, 0.3) is 0 Å². The summed E-state index contributed by atoms with van der Waals surface area (Å²) >= 11 is 0. The first kappa shape index (κ1) is 13.6. The van der Waals surface area contributed by atoms with Crippen molar-refractivity contribution in [2.45, 2.75) is 26.4 Å². The van der Waals surface area contributed by atoms with Crippen LogP contribution in [0.1, 0.15) is 18.2 Å². The zero-order valence-electron chi connectivity index (χ0n) is 11.8. The number of aromatic nitrogens is 4. The molecular weight excluding hydrogens is 242 g/mol. The average Bonchev–Trinajstić information content (AvgIpc) is 3.00. The van der Waals surface area contributed by atoms with E-state index >= 15 is 0 Å². The number of nitrogens with one attached hydrogen (secondary N) is 1. The van der Waals surface area contributed by atoms with Gasteiger partial charge in [-0.05, 0) is 6.42 Å². The number of methoxy groups -OCH3 is 1. The zero-order valence-corrected chi connectivity index (χ0v) is 11.8. The maximum absolute atomic E-state index is 5.03. The summed E-state index contributed by atoms with van der Waals surface area (Å²) in [5.74, 6) is 0. The minimum absolute atomic E-state index is 0.670. The lowest BCUT2D eigenvalue weighted by Crippen LogP contribution is -2.04. The molecule has 0 fully saturated rings. The van der Waals surface area contributed by atoms with Crippen LogP contribution < -0.4 is 5.32 Å². The number of anilines is 1. The quantitative estimate of drug-likeness (QED) is 0.821. The Bertz CT molecular complexity index is 517. The van der Waals surface area contributed by atoms with Gasteiger partial charge in [-0.3, -0.25) is 9.36 Å². The van der Waals surface area contributed by atoms with E-state index in [-0.39, 0.29) is 0 Å². The van der Waals surface area contributed by atoms with Gasteiger partial charge >= 0.3 is 0 Å². The minimum Gasteiger partial charge on any atom is -0.383 e. The van der Waals surface area contributed by atoms with Crippen LogP contribution >= 0.6 is 0 Å². The van der Waals surface area contributed by atoms with Crippen molar-refractivity contribution in [2.24, 2.45) is 7.05 Å². The van der Waals surface area contributed by atoms with Crippen molar-refractivity contribution in [3.05, 3.63) is 29.8 Å². The van der Waals surface area contributed by atoms with Crippen LogP contribution in [0.2, 0.25) is 0 Å². The highest BCUT2D eigenvalue weighted by atomic mass is 16.5. The molecule has 6 nitrogen and oxygen atoms in total. The summed E-state index contributed by atoms with van der Waals surface area (Å²) in [6.45, 7) is 4.33. The van der Waals surface area contributed by atoms with Gasteiger partial charge in [0.05, 0.1) is 30.7 Å². The first-order chi connectivity index (χ1) is 9.22. The molecule has 19 heavy (non-hydrogen) atoms. The molecule has 1 N–H and O–H groups in total. The molecule has 2 aromatic heterocycles. The smallest absolute Gasteiger partial charge is 0.0729 e. The van der Waals surface area contributed by atoms with Gasteiger partial charge in [-0.25, -0.2) is 0 Å². The van der Waals surface area contributed by atoms with Gasteiger partial charge in [0.15, 0.2) is 0 Å². The zero-order chi connectivity index (χ0) is 13.7. The van der Waals surface area contributed by atoms with Crippen LogP contribution in [0.4, 0.5) is 5.69 Å². The highest BCUT2D eigenvalue weighted by Gasteiger charge is 2.06. The molecule has 0 aliphatic rings. The molecule has 0 bridgehead atoms. The fourth-order valence-electron chi connectivity index (χ4n) is 1.99. The van der Waals surface area contributed by atoms with Gasteiger partial charge in [-0.15, -0.1) is 0 Å². The summed E-state index contributed by atoms with van der Waals surface area (Å²) in [6.07, 6.45) is 6.82. The lowest BCUT2D eigenvalue weighted by atomic mass is 10.2. The second-order valence-corrected chi connectivity index (χ2v) is 4.47. The molecule has 2 heterocycles. The first-order valence-corrected chi connectivity index (χ1v) is 6.49. The van der Waals surface area contributed by atoms with E-state index < -0.39 is 0 Å². The van der Waals surface area contributed by atoms with Gasteiger partial charge in [-0.1, -0.05) is 6.92 Å². The molecule has 0 aromatic carbocycles. The summed E-state index contributed by atoms with van der Waals surface area (Å²) in [5.41, 5.74) is 3.39. The van der Waals surface area contributed by atoms with Crippen molar-refractivity contribution >= 4 is 5.69 Å². The fourth-order valence-corrected chi connectivity index (χ4v) is 1.99. The first-order valence-electron chi connectivity index (χ1n) is 6.49. The van der Waals surface area contributed by atoms with Crippen LogP contribution in [0.15, 0.2) is 18.6 Å². The molecule has 0 aliphatic carbocycles. The molecule has 0 saturated carbocycles. The molecule has 2 aromatic rings. The Kier molecular flexibility index (Phi) is 4.57. The second-order valence-electron chi connectivity index (χ2n) is 4.47. The Morgan fingerprint density at radius 1 is 1.37 bits per heavy atom. The minimum atomic E-state index is 0.670. The Morgan fingerprint density at radius 3 is 2.95 bits per heavy atom. The largest absolute Gasteiger partial charge is 0.383 e. The van der Waals surface area contributed by atoms with E-state index in [4.69, 9.17) is 4.74 Å². The highest BCUT2D eigenvalue weighted by molar-refractivity contribution is 5.39. The normalized spacial score (nSPS) is 10.9. The third kappa shape index (κ3) is 3.57. The Morgan fingerprint density at radius 2 is 2.21 bits per heavy atom. The predicted octanol–water partition coefficient (Wildman–Crippen LogP) is 1.44. The molecule has 0 unspecified atom stereocenters. The number of ether oxygens (including phenoxy) is 1. The van der Waals surface area contributed by atoms with Gasteiger partial charge in [0.1, 0.15) is 0 Å². The monoisotopic (exact) mass is 263 g/mol. The summed E-state index contributed by atoms with van der Waals surface area (Å²) in [6, 6.07) is 0. The summed E-state index contributed by atoms with van der Waals surface area (Å²) in [7, 11) is 3.64. The van der Waals surface area contributed by atoms with Crippen LogP contribution in [0, 0.1) is 0 Å². The molecule has 0 spiro atoms. The fraction of sp³-hybridized carbons (Fsp3) is 0.538. The Hall–Kier alpha value is -1.82. The second kappa shape index (κ2) is 6.38. The van der Waals surface area contributed by atoms with E-state index in [0.29, 0.717) is 6.61 Å². The van der Waals surface area contributed by atoms with Crippen molar-refractivity contribution in [2.75, 3.05) is 19.0 Å². The van der Waals surface area contributed by atoms with Crippen LogP contribution in [-0.4, -0.2) is 33.3 Å². The summed E-state index contributed by atoms with van der Waals surface area (Å²) in [5, 5.41) is 12.1. The van der Waals surface area contributed by atoms with Gasteiger partial charge in [-0.2, -0.15) is 10.2 Å².